The van der Waals surface area contributed by atoms with E-state index in [-0.39, 0.29) is 17.5 Å². The van der Waals surface area contributed by atoms with Gasteiger partial charge in [-0.2, -0.15) is 0 Å². The van der Waals surface area contributed by atoms with Gasteiger partial charge in [-0.05, 0) is 48.9 Å². The molecule has 3 nitrogen and oxygen atoms in total. The smallest absolute Gasteiger partial charge is 0.161 e. The molecule has 0 aromatic heterocycles. The zero-order valence-electron chi connectivity index (χ0n) is 16.3. The van der Waals surface area contributed by atoms with Crippen LogP contribution >= 0.6 is 0 Å². The lowest BCUT2D eigenvalue weighted by Gasteiger charge is -2.43. The van der Waals surface area contributed by atoms with Crippen LogP contribution in [0.15, 0.2) is 65.0 Å². The third-order valence-electron chi connectivity index (χ3n) is 6.54. The Kier molecular flexibility index (Phi) is 4.19. The van der Waals surface area contributed by atoms with Gasteiger partial charge in [0, 0.05) is 47.8 Å². The van der Waals surface area contributed by atoms with Crippen LogP contribution in [0.3, 0.4) is 0 Å². The Balaban J connectivity index is 1.83. The highest BCUT2D eigenvalue weighted by Crippen LogP contribution is 2.50. The number of hydrogen-bond acceptors (Lipinski definition) is 3. The molecule has 0 saturated carbocycles. The van der Waals surface area contributed by atoms with E-state index in [2.05, 4.69) is 42.2 Å². The Morgan fingerprint density at radius 3 is 2.07 bits per heavy atom. The van der Waals surface area contributed by atoms with Gasteiger partial charge in [0.25, 0.3) is 0 Å². The third kappa shape index (κ3) is 2.49. The van der Waals surface area contributed by atoms with Crippen molar-refractivity contribution in [2.45, 2.75) is 51.4 Å². The normalized spacial score (nSPS) is 20.7. The standard InChI is InChI=1S/C25H25NO2/c1-2-26-19-12-6-14-21(27)24(19)23(25-20(26)13-7-15-22(25)28)18-11-5-9-16-8-3-4-10-17(16)18/h3-5,8-11,23H,2,6-7,12-15H2,1H3. The Morgan fingerprint density at radius 1 is 0.821 bits per heavy atom. The molecule has 0 atom stereocenters. The zero-order valence-corrected chi connectivity index (χ0v) is 16.3. The van der Waals surface area contributed by atoms with E-state index in [0.29, 0.717) is 12.8 Å². The summed E-state index contributed by atoms with van der Waals surface area (Å²) < 4.78 is 0. The van der Waals surface area contributed by atoms with E-state index in [1.807, 2.05) is 12.1 Å². The number of benzene rings is 2. The molecular formula is C25H25NO2. The van der Waals surface area contributed by atoms with Crippen molar-refractivity contribution in [2.24, 2.45) is 0 Å². The molecule has 3 aliphatic rings. The first-order valence-electron chi connectivity index (χ1n) is 10.5. The lowest BCUT2D eigenvalue weighted by Crippen LogP contribution is -2.39. The minimum atomic E-state index is -0.209. The number of Topliss-reactive ketones (excluding diaryl/α,β-unsaturated/α-hetero) is 2. The maximum atomic E-state index is 13.2. The van der Waals surface area contributed by atoms with Gasteiger partial charge in [0.05, 0.1) is 0 Å². The molecule has 1 heterocycles. The van der Waals surface area contributed by atoms with Gasteiger partial charge in [-0.25, -0.2) is 0 Å². The van der Waals surface area contributed by atoms with E-state index < -0.39 is 0 Å². The average molecular weight is 371 g/mol. The minimum Gasteiger partial charge on any atom is -0.348 e. The molecule has 1 aliphatic heterocycles. The lowest BCUT2D eigenvalue weighted by molar-refractivity contribution is -0.117. The van der Waals surface area contributed by atoms with Gasteiger partial charge >= 0.3 is 0 Å². The topological polar surface area (TPSA) is 37.4 Å². The number of allylic oxidation sites excluding steroid dienone is 4. The van der Waals surface area contributed by atoms with Crippen LogP contribution in [0.5, 0.6) is 0 Å². The average Bonchev–Trinajstić information content (AvgIpc) is 2.72. The molecule has 2 aliphatic carbocycles. The second kappa shape index (κ2) is 6.73. The van der Waals surface area contributed by atoms with Crippen LogP contribution in [-0.2, 0) is 9.59 Å². The molecule has 0 amide bonds. The summed E-state index contributed by atoms with van der Waals surface area (Å²) in [4.78, 5) is 28.6. The van der Waals surface area contributed by atoms with Crippen LogP contribution in [0.2, 0.25) is 0 Å². The first-order chi connectivity index (χ1) is 13.7. The van der Waals surface area contributed by atoms with E-state index in [1.165, 1.54) is 11.4 Å². The van der Waals surface area contributed by atoms with E-state index in [0.717, 1.165) is 59.7 Å². The Morgan fingerprint density at radius 2 is 1.43 bits per heavy atom. The highest BCUT2D eigenvalue weighted by molar-refractivity contribution is 6.07. The van der Waals surface area contributed by atoms with Crippen LogP contribution in [0, 0.1) is 0 Å². The summed E-state index contributed by atoms with van der Waals surface area (Å²) in [6.45, 7) is 2.95. The predicted octanol–water partition coefficient (Wildman–Crippen LogP) is 5.27. The summed E-state index contributed by atoms with van der Waals surface area (Å²) in [7, 11) is 0. The van der Waals surface area contributed by atoms with Crippen molar-refractivity contribution >= 4 is 22.3 Å². The molecule has 0 N–H and O–H groups in total. The van der Waals surface area contributed by atoms with E-state index in [4.69, 9.17) is 0 Å². The van der Waals surface area contributed by atoms with Crippen molar-refractivity contribution in [1.29, 1.82) is 0 Å². The molecule has 2 aromatic carbocycles. The summed E-state index contributed by atoms with van der Waals surface area (Å²) in [5.74, 6) is 0.240. The molecule has 5 rings (SSSR count). The number of hydrogen-bond donors (Lipinski definition) is 0. The van der Waals surface area contributed by atoms with Crippen molar-refractivity contribution in [1.82, 2.24) is 4.90 Å². The lowest BCUT2D eigenvalue weighted by atomic mass is 9.70. The first-order valence-corrected chi connectivity index (χ1v) is 10.5. The Hall–Kier alpha value is -2.68. The number of ketones is 2. The van der Waals surface area contributed by atoms with Gasteiger partial charge in [0.15, 0.2) is 11.6 Å². The van der Waals surface area contributed by atoms with Gasteiger partial charge in [-0.3, -0.25) is 9.59 Å². The fraction of sp³-hybridized carbons (Fsp3) is 0.360. The second-order valence-electron chi connectivity index (χ2n) is 8.02. The maximum Gasteiger partial charge on any atom is 0.161 e. The van der Waals surface area contributed by atoms with Crippen molar-refractivity contribution in [3.05, 3.63) is 70.6 Å². The van der Waals surface area contributed by atoms with Gasteiger partial charge in [0.2, 0.25) is 0 Å². The molecule has 28 heavy (non-hydrogen) atoms. The minimum absolute atomic E-state index is 0.209. The van der Waals surface area contributed by atoms with Crippen LogP contribution in [-0.4, -0.2) is 23.0 Å². The monoisotopic (exact) mass is 371 g/mol. The quantitative estimate of drug-likeness (QED) is 0.721. The van der Waals surface area contributed by atoms with Crippen LogP contribution in [0.25, 0.3) is 10.8 Å². The summed E-state index contributed by atoms with van der Waals surface area (Å²) in [6.07, 6.45) is 4.87. The molecule has 0 saturated heterocycles. The Labute approximate surface area is 165 Å². The zero-order chi connectivity index (χ0) is 19.3. The summed E-state index contributed by atoms with van der Waals surface area (Å²) in [5, 5.41) is 2.31. The molecule has 3 heteroatoms. The number of carbonyl (C=O) groups is 2. The van der Waals surface area contributed by atoms with Crippen molar-refractivity contribution in [3.8, 4) is 0 Å². The fourth-order valence-corrected chi connectivity index (χ4v) is 5.41. The summed E-state index contributed by atoms with van der Waals surface area (Å²) >= 11 is 0. The third-order valence-corrected chi connectivity index (χ3v) is 6.54. The molecular weight excluding hydrogens is 346 g/mol. The van der Waals surface area contributed by atoms with Crippen LogP contribution in [0.4, 0.5) is 0 Å². The number of nitrogens with zero attached hydrogens (tertiary/aromatic N) is 1. The number of rotatable bonds is 2. The van der Waals surface area contributed by atoms with Gasteiger partial charge in [-0.1, -0.05) is 42.5 Å². The molecule has 2 aromatic rings. The van der Waals surface area contributed by atoms with E-state index >= 15 is 0 Å². The number of carbonyl (C=O) groups excluding carboxylic acids is 2. The highest BCUT2D eigenvalue weighted by Gasteiger charge is 2.43. The molecule has 142 valence electrons. The first kappa shape index (κ1) is 17.4. The molecule has 0 spiro atoms. The van der Waals surface area contributed by atoms with Crippen LogP contribution in [0.1, 0.15) is 56.9 Å². The molecule has 0 bridgehead atoms. The van der Waals surface area contributed by atoms with E-state index in [1.54, 1.807) is 0 Å². The summed E-state index contributed by atoms with van der Waals surface area (Å²) in [6, 6.07) is 14.6. The van der Waals surface area contributed by atoms with Crippen molar-refractivity contribution in [2.75, 3.05) is 6.54 Å². The van der Waals surface area contributed by atoms with Crippen LogP contribution < -0.4 is 0 Å². The molecule has 0 unspecified atom stereocenters. The second-order valence-corrected chi connectivity index (χ2v) is 8.02. The SMILES string of the molecule is CCN1C2=C(C(=O)CCC2)C(c2cccc3ccccc23)C2=C1CCCC2=O. The fourth-order valence-electron chi connectivity index (χ4n) is 5.41. The number of fused-ring (bicyclic) bond motifs is 1. The van der Waals surface area contributed by atoms with Crippen molar-refractivity contribution < 1.29 is 9.59 Å². The van der Waals surface area contributed by atoms with Crippen molar-refractivity contribution in [3.63, 3.8) is 0 Å². The van der Waals surface area contributed by atoms with E-state index in [9.17, 15) is 9.59 Å². The van der Waals surface area contributed by atoms with Gasteiger partial charge in [0.1, 0.15) is 0 Å². The Bertz CT molecular complexity index is 1010. The van der Waals surface area contributed by atoms with Gasteiger partial charge < -0.3 is 4.90 Å². The largest absolute Gasteiger partial charge is 0.348 e. The molecule has 0 fully saturated rings. The highest BCUT2D eigenvalue weighted by atomic mass is 16.1. The molecule has 0 radical (unpaired) electrons. The summed E-state index contributed by atoms with van der Waals surface area (Å²) in [5.41, 5.74) is 5.23. The van der Waals surface area contributed by atoms with Gasteiger partial charge in [-0.15, -0.1) is 0 Å². The predicted molar refractivity (Wildman–Crippen MR) is 111 cm³/mol. The maximum absolute atomic E-state index is 13.2.